The van der Waals surface area contributed by atoms with Crippen molar-refractivity contribution in [2.24, 2.45) is 0 Å². The Kier molecular flexibility index (Phi) is 6.60. The molecule has 1 amide bonds. The second kappa shape index (κ2) is 8.69. The van der Waals surface area contributed by atoms with Gasteiger partial charge in [0.05, 0.1) is 38.3 Å². The number of ketones is 1. The molecule has 2 heterocycles. The van der Waals surface area contributed by atoms with Crippen LogP contribution in [-0.2, 0) is 14.2 Å². The molecule has 1 aliphatic heterocycles. The molecule has 1 aliphatic rings. The Balaban J connectivity index is 1.88. The summed E-state index contributed by atoms with van der Waals surface area (Å²) >= 11 is 0. The van der Waals surface area contributed by atoms with E-state index in [-0.39, 0.29) is 18.7 Å². The molecule has 0 aliphatic carbocycles. The monoisotopic (exact) mass is 362 g/mol. The van der Waals surface area contributed by atoms with Crippen molar-refractivity contribution in [3.8, 4) is 6.07 Å². The predicted molar refractivity (Wildman–Crippen MR) is 89.3 cm³/mol. The molecule has 1 fully saturated rings. The third kappa shape index (κ3) is 5.75. The number of carbonyl (C=O) groups is 2. The molecule has 0 bridgehead atoms. The molecule has 1 aromatic rings. The fourth-order valence-corrected chi connectivity index (χ4v) is 2.28. The highest BCUT2D eigenvalue weighted by molar-refractivity contribution is 6.00. The van der Waals surface area contributed by atoms with E-state index in [2.05, 4.69) is 10.2 Å². The van der Waals surface area contributed by atoms with Crippen LogP contribution < -0.4 is 0 Å². The van der Waals surface area contributed by atoms with Gasteiger partial charge in [-0.15, -0.1) is 0 Å². The van der Waals surface area contributed by atoms with E-state index in [1.165, 1.54) is 23.4 Å². The number of nitrogens with zero attached hydrogens (tertiary/aromatic N) is 4. The van der Waals surface area contributed by atoms with Crippen molar-refractivity contribution in [2.75, 3.05) is 26.3 Å². The summed E-state index contributed by atoms with van der Waals surface area (Å²) in [5.74, 6) is -0.498. The van der Waals surface area contributed by atoms with Gasteiger partial charge in [-0.1, -0.05) is 0 Å². The van der Waals surface area contributed by atoms with E-state index in [1.807, 2.05) is 6.07 Å². The van der Waals surface area contributed by atoms with Crippen LogP contribution in [0, 0.1) is 11.3 Å². The first-order valence-corrected chi connectivity index (χ1v) is 8.22. The third-order valence-corrected chi connectivity index (χ3v) is 3.46. The molecule has 1 aromatic heterocycles. The van der Waals surface area contributed by atoms with Gasteiger partial charge >= 0.3 is 6.09 Å². The average molecular weight is 362 g/mol. The van der Waals surface area contributed by atoms with Gasteiger partial charge in [-0.05, 0) is 26.8 Å². The lowest BCUT2D eigenvalue weighted by Gasteiger charge is -2.34. The summed E-state index contributed by atoms with van der Waals surface area (Å²) in [4.78, 5) is 25.9. The molecule has 0 N–H and O–H groups in total. The zero-order valence-electron chi connectivity index (χ0n) is 15.0. The average Bonchev–Trinajstić information content (AvgIpc) is 2.61. The van der Waals surface area contributed by atoms with Gasteiger partial charge in [0.1, 0.15) is 11.7 Å². The van der Waals surface area contributed by atoms with Gasteiger partial charge in [-0.25, -0.2) is 4.79 Å². The minimum atomic E-state index is -1.28. The van der Waals surface area contributed by atoms with Crippen LogP contribution in [0.15, 0.2) is 18.5 Å². The zero-order valence-corrected chi connectivity index (χ0v) is 15.0. The summed E-state index contributed by atoms with van der Waals surface area (Å²) < 4.78 is 16.3. The number of Topliss-reactive ketones (excluding diaryl/α,β-unsaturated/α-hetero) is 1. The van der Waals surface area contributed by atoms with Crippen molar-refractivity contribution in [3.05, 3.63) is 24.0 Å². The number of carbonyl (C=O) groups excluding carboxylic acids is 2. The van der Waals surface area contributed by atoms with E-state index >= 15 is 0 Å². The molecule has 1 unspecified atom stereocenters. The number of nitriles is 1. The minimum Gasteiger partial charge on any atom is -0.444 e. The van der Waals surface area contributed by atoms with Crippen LogP contribution in [0.25, 0.3) is 0 Å². The summed E-state index contributed by atoms with van der Waals surface area (Å²) in [7, 11) is 0. The van der Waals surface area contributed by atoms with Crippen molar-refractivity contribution >= 4 is 11.9 Å². The normalized spacial score (nSPS) is 18.7. The highest BCUT2D eigenvalue weighted by Crippen LogP contribution is 2.14. The van der Waals surface area contributed by atoms with E-state index in [9.17, 15) is 14.9 Å². The Morgan fingerprint density at radius 1 is 1.46 bits per heavy atom. The van der Waals surface area contributed by atoms with Crippen molar-refractivity contribution in [3.63, 3.8) is 0 Å². The molecule has 9 heteroatoms. The molecular formula is C17H22N4O5. The first-order chi connectivity index (χ1) is 12.3. The lowest BCUT2D eigenvalue weighted by molar-refractivity contribution is -0.0758. The maximum absolute atomic E-state index is 12.2. The van der Waals surface area contributed by atoms with Crippen molar-refractivity contribution in [1.29, 1.82) is 5.26 Å². The fourth-order valence-electron chi connectivity index (χ4n) is 2.28. The Morgan fingerprint density at radius 2 is 2.23 bits per heavy atom. The lowest BCUT2D eigenvalue weighted by atomic mass is 10.1. The topological polar surface area (TPSA) is 115 Å². The number of hydrogen-bond donors (Lipinski definition) is 0. The fraction of sp³-hybridized carbons (Fsp3) is 0.588. The highest BCUT2D eigenvalue weighted by atomic mass is 16.6. The Bertz CT molecular complexity index is 668. The molecule has 0 radical (unpaired) electrons. The largest absolute Gasteiger partial charge is 0.444 e. The number of morpholine rings is 1. The maximum atomic E-state index is 12.2. The molecule has 0 spiro atoms. The number of hydrogen-bond acceptors (Lipinski definition) is 8. The Hall–Kier alpha value is -2.57. The summed E-state index contributed by atoms with van der Waals surface area (Å²) in [5.41, 5.74) is -0.343. The third-order valence-electron chi connectivity index (χ3n) is 3.46. The van der Waals surface area contributed by atoms with E-state index in [0.717, 1.165) is 0 Å². The quantitative estimate of drug-likeness (QED) is 0.718. The molecule has 2 atom stereocenters. The summed E-state index contributed by atoms with van der Waals surface area (Å²) in [6.07, 6.45) is 0.485. The summed E-state index contributed by atoms with van der Waals surface area (Å²) in [5, 5.41) is 16.4. The number of amides is 1. The lowest BCUT2D eigenvalue weighted by Crippen LogP contribution is -2.49. The molecule has 2 rings (SSSR count). The van der Waals surface area contributed by atoms with Gasteiger partial charge in [0, 0.05) is 12.1 Å². The van der Waals surface area contributed by atoms with Crippen LogP contribution in [0.2, 0.25) is 0 Å². The second-order valence-corrected chi connectivity index (χ2v) is 6.76. The van der Waals surface area contributed by atoms with E-state index in [0.29, 0.717) is 13.2 Å². The molecule has 140 valence electrons. The van der Waals surface area contributed by atoms with E-state index in [1.54, 1.807) is 20.8 Å². The SMILES string of the molecule is CC(C)(C)OC(=O)N1CCO[C@@H](COC(C#N)C(=O)c2ccnnc2)C1. The smallest absolute Gasteiger partial charge is 0.410 e. The molecule has 1 saturated heterocycles. The predicted octanol–water partition coefficient (Wildman–Crippen LogP) is 1.20. The van der Waals surface area contributed by atoms with Gasteiger partial charge in [0.25, 0.3) is 0 Å². The van der Waals surface area contributed by atoms with Gasteiger partial charge in [0.15, 0.2) is 0 Å². The van der Waals surface area contributed by atoms with Crippen molar-refractivity contribution in [1.82, 2.24) is 15.1 Å². The van der Waals surface area contributed by atoms with Crippen LogP contribution in [0.1, 0.15) is 31.1 Å². The van der Waals surface area contributed by atoms with Crippen LogP contribution in [0.5, 0.6) is 0 Å². The van der Waals surface area contributed by atoms with Gasteiger partial charge in [0.2, 0.25) is 11.9 Å². The maximum Gasteiger partial charge on any atom is 0.410 e. The van der Waals surface area contributed by atoms with E-state index < -0.39 is 29.7 Å². The van der Waals surface area contributed by atoms with Crippen LogP contribution in [0.4, 0.5) is 4.79 Å². The second-order valence-electron chi connectivity index (χ2n) is 6.76. The van der Waals surface area contributed by atoms with Crippen LogP contribution >= 0.6 is 0 Å². The number of aromatic nitrogens is 2. The summed E-state index contributed by atoms with van der Waals surface area (Å²) in [6.45, 7) is 6.39. The number of ether oxygens (including phenoxy) is 3. The number of rotatable bonds is 5. The zero-order chi connectivity index (χ0) is 19.2. The first-order valence-electron chi connectivity index (χ1n) is 8.22. The molecule has 0 aromatic carbocycles. The van der Waals surface area contributed by atoms with Gasteiger partial charge in [-0.2, -0.15) is 15.5 Å². The highest BCUT2D eigenvalue weighted by Gasteiger charge is 2.30. The molecular weight excluding hydrogens is 340 g/mol. The minimum absolute atomic E-state index is 0.00176. The molecule has 0 saturated carbocycles. The van der Waals surface area contributed by atoms with E-state index in [4.69, 9.17) is 14.2 Å². The van der Waals surface area contributed by atoms with Gasteiger partial charge < -0.3 is 19.1 Å². The Morgan fingerprint density at radius 3 is 2.85 bits per heavy atom. The van der Waals surface area contributed by atoms with Gasteiger partial charge in [-0.3, -0.25) is 4.79 Å². The molecule has 9 nitrogen and oxygen atoms in total. The van der Waals surface area contributed by atoms with Crippen LogP contribution in [-0.4, -0.2) is 71.1 Å². The Labute approximate surface area is 151 Å². The summed E-state index contributed by atoms with van der Waals surface area (Å²) in [6, 6.07) is 3.29. The molecule has 26 heavy (non-hydrogen) atoms. The van der Waals surface area contributed by atoms with Crippen molar-refractivity contribution < 1.29 is 23.8 Å². The van der Waals surface area contributed by atoms with Crippen molar-refractivity contribution in [2.45, 2.75) is 38.6 Å². The van der Waals surface area contributed by atoms with Crippen LogP contribution in [0.3, 0.4) is 0 Å². The first kappa shape index (κ1) is 19.8. The standard InChI is InChI=1S/C17H22N4O5/c1-17(2,3)26-16(23)21-6-7-24-13(10-21)11-25-14(8-18)15(22)12-4-5-19-20-9-12/h4-5,9,13-14H,6-7,10-11H2,1-3H3/t13-,14?/m1/s1.